The lowest BCUT2D eigenvalue weighted by molar-refractivity contribution is -0.171. The summed E-state index contributed by atoms with van der Waals surface area (Å²) in [5.41, 5.74) is 0. The Morgan fingerprint density at radius 1 is 0.500 bits per heavy atom. The van der Waals surface area contributed by atoms with Gasteiger partial charge in [0.05, 0.1) is 0 Å². The third-order valence-corrected chi connectivity index (χ3v) is 7.70. The molecule has 0 bridgehead atoms. The summed E-state index contributed by atoms with van der Waals surface area (Å²) < 4.78 is 90.9. The van der Waals surface area contributed by atoms with Gasteiger partial charge < -0.3 is 48.9 Å². The molecule has 0 spiro atoms. The number of epoxide rings is 1. The van der Waals surface area contributed by atoms with Crippen molar-refractivity contribution in [1.82, 2.24) is 0 Å². The van der Waals surface area contributed by atoms with Crippen LogP contribution in [0.25, 0.3) is 0 Å². The largest absolute Gasteiger partial charge is 0.634 e. The summed E-state index contributed by atoms with van der Waals surface area (Å²) >= 11 is 0. The van der Waals surface area contributed by atoms with Crippen molar-refractivity contribution in [2.75, 3.05) is 0 Å². The van der Waals surface area contributed by atoms with E-state index in [1.54, 1.807) is 0 Å². The molecule has 30 heteroatoms. The smallest absolute Gasteiger partial charge is 0.303 e. The Hall–Kier alpha value is 0.660. The van der Waals surface area contributed by atoms with Crippen molar-refractivity contribution in [3.63, 3.8) is 0 Å². The van der Waals surface area contributed by atoms with Crippen molar-refractivity contribution in [3.8, 4) is 0 Å². The number of rotatable bonds is 11. The second-order valence-corrected chi connectivity index (χ2v) is 14.0. The molecule has 1 aliphatic carbocycles. The van der Waals surface area contributed by atoms with Gasteiger partial charge in [-0.15, -0.1) is 0 Å². The highest BCUT2D eigenvalue weighted by Gasteiger charge is 2.95. The van der Waals surface area contributed by atoms with Gasteiger partial charge in [-0.2, -0.15) is 9.09 Å². The molecule has 1 aliphatic heterocycles. The maximum atomic E-state index is 12.0. The zero-order valence-electron chi connectivity index (χ0n) is 16.3. The van der Waals surface area contributed by atoms with Gasteiger partial charge in [-0.25, -0.2) is 22.8 Å². The van der Waals surface area contributed by atoms with E-state index in [9.17, 15) is 76.3 Å². The summed E-state index contributed by atoms with van der Waals surface area (Å²) in [6.07, 6.45) is -15.4. The molecule has 24 nitrogen and oxygen atoms in total. The first-order valence-corrected chi connectivity index (χ1v) is 17.3. The van der Waals surface area contributed by atoms with Crippen LogP contribution < -0.4 is 0 Å². The van der Waals surface area contributed by atoms with Gasteiger partial charge >= 0.3 is 58.8 Å². The zero-order chi connectivity index (χ0) is 28.5. The highest BCUT2D eigenvalue weighted by molar-refractivity contribution is 7.48. The molecule has 12 N–H and O–H groups in total. The van der Waals surface area contributed by atoms with Crippen LogP contribution >= 0.6 is 46.9 Å². The zero-order valence-corrected chi connectivity index (χ0v) is 21.7. The maximum Gasteiger partial charge on any atom is 0.634 e. The van der Waals surface area contributed by atoms with Gasteiger partial charge in [0, 0.05) is 0 Å². The van der Waals surface area contributed by atoms with Gasteiger partial charge in [0.1, 0.15) is 12.2 Å². The van der Waals surface area contributed by atoms with E-state index < -0.39 is 83.2 Å². The minimum absolute atomic E-state index is 0.547. The fraction of sp³-hybridized carbons (Fsp3) is 1.00. The van der Waals surface area contributed by atoms with E-state index in [0.29, 0.717) is 4.15 Å². The first-order valence-electron chi connectivity index (χ1n) is 8.09. The third kappa shape index (κ3) is 8.33. The van der Waals surface area contributed by atoms with Crippen LogP contribution in [-0.4, -0.2) is 95.0 Å². The van der Waals surface area contributed by atoms with Crippen molar-refractivity contribution in [1.29, 1.82) is 0 Å². The van der Waals surface area contributed by atoms with E-state index >= 15 is 0 Å². The Morgan fingerprint density at radius 2 is 0.861 bits per heavy atom. The van der Waals surface area contributed by atoms with Crippen LogP contribution in [0.4, 0.5) is 0 Å². The van der Waals surface area contributed by atoms with Crippen LogP contribution in [0, 0.1) is 0 Å². The second kappa shape index (κ2) is 9.94. The van der Waals surface area contributed by atoms with Crippen molar-refractivity contribution >= 4 is 46.9 Å². The predicted molar refractivity (Wildman–Crippen MR) is 100 cm³/mol. The molecule has 0 aromatic carbocycles. The van der Waals surface area contributed by atoms with E-state index in [1.165, 1.54) is 0 Å². The summed E-state index contributed by atoms with van der Waals surface area (Å²) in [5.74, 6) is -3.77. The first-order chi connectivity index (χ1) is 15.6. The maximum absolute atomic E-state index is 12.0. The molecule has 0 amide bonds. The highest BCUT2D eigenvalue weighted by Crippen LogP contribution is 2.76. The molecule has 1 heterocycles. The van der Waals surface area contributed by atoms with Gasteiger partial charge in [0.15, 0.2) is 6.10 Å². The molecule has 36 heavy (non-hydrogen) atoms. The Kier molecular flexibility index (Phi) is 9.07. The van der Waals surface area contributed by atoms with Gasteiger partial charge in [-0.1, -0.05) is 0 Å². The van der Waals surface area contributed by atoms with Crippen molar-refractivity contribution in [2.24, 2.45) is 0 Å². The van der Waals surface area contributed by atoms with Gasteiger partial charge in [-0.3, -0.25) is 32.0 Å². The van der Waals surface area contributed by atoms with Crippen LogP contribution in [0.3, 0.4) is 0 Å². The summed E-state index contributed by atoms with van der Waals surface area (Å²) in [6.45, 7) is 0. The van der Waals surface area contributed by atoms with Crippen LogP contribution in [0.2, 0.25) is 0 Å². The first kappa shape index (κ1) is 32.9. The number of hydrogen-bond acceptors (Lipinski definition) is 11. The molecule has 0 aromatic rings. The van der Waals surface area contributed by atoms with Crippen LogP contribution in [-0.2, 0) is 54.2 Å². The average molecular weight is 659 g/mol. The molecule has 0 radical (unpaired) electrons. The Balaban J connectivity index is 2.95. The molecule has 6 atom stereocenters. The predicted octanol–water partition coefficient (Wildman–Crippen LogP) is -3.26. The highest BCUT2D eigenvalue weighted by atomic mass is 31.2. The van der Waals surface area contributed by atoms with E-state index in [4.69, 9.17) is 9.79 Å². The summed E-state index contributed by atoms with van der Waals surface area (Å²) in [6, 6.07) is 0. The lowest BCUT2D eigenvalue weighted by atomic mass is 9.87. The summed E-state index contributed by atoms with van der Waals surface area (Å²) in [4.78, 5) is 111. The number of phosphoric ester groups is 5. The number of fused-ring (bicyclic) bond motifs is 1. The fourth-order valence-electron chi connectivity index (χ4n) is 3.43. The summed E-state index contributed by atoms with van der Waals surface area (Å²) in [5, 5.41) is 0. The molecule has 214 valence electrons. The SMILES string of the molecule is O=P(O)(O)O[C@H]1[C@@H](OP(=O)(O)O)[C@H](OP(=O)(O)O)[C@@]2(OP(=O)(O)O)[C@@H]([C@H]1OP(=O)(O)O)[O+]2P(=O)(O)O. The normalized spacial score (nSPS) is 32.8. The van der Waals surface area contributed by atoms with E-state index in [0.717, 1.165) is 0 Å². The molecule has 2 aliphatic rings. The van der Waals surface area contributed by atoms with Gasteiger partial charge in [0.25, 0.3) is 0 Å². The number of hydrogen-bond donors (Lipinski definition) is 12. The van der Waals surface area contributed by atoms with Gasteiger partial charge in [0.2, 0.25) is 6.10 Å². The van der Waals surface area contributed by atoms with Crippen LogP contribution in [0.1, 0.15) is 0 Å². The molecule has 0 aromatic heterocycles. The molecule has 0 unspecified atom stereocenters. The molecular formula is C6H17O24P6+. The molecule has 2 fully saturated rings. The second-order valence-electron chi connectivity index (χ2n) is 6.73. The van der Waals surface area contributed by atoms with Crippen molar-refractivity contribution in [2.45, 2.75) is 36.3 Å². The van der Waals surface area contributed by atoms with Crippen molar-refractivity contribution in [3.05, 3.63) is 0 Å². The third-order valence-electron chi connectivity index (χ3n) is 4.09. The monoisotopic (exact) mass is 659 g/mol. The molecule has 1 saturated carbocycles. The Labute approximate surface area is 196 Å². The number of phosphoric acid groups is 5. The molecule has 1 saturated heterocycles. The topological polar surface area (TPSA) is 394 Å². The lowest BCUT2D eigenvalue weighted by Gasteiger charge is -2.38. The Morgan fingerprint density at radius 3 is 1.19 bits per heavy atom. The van der Waals surface area contributed by atoms with Crippen molar-refractivity contribution < 1.29 is 113 Å². The quantitative estimate of drug-likeness (QED) is 0.0588. The minimum atomic E-state index is -6.13. The molecular weight excluding hydrogens is 642 g/mol. The minimum Gasteiger partial charge on any atom is -0.303 e. The lowest BCUT2D eigenvalue weighted by Crippen LogP contribution is -2.61. The van der Waals surface area contributed by atoms with Gasteiger partial charge in [-0.05, 0) is 0 Å². The summed E-state index contributed by atoms with van der Waals surface area (Å²) in [7, 11) is -36.3. The standard InChI is InChI=1S/C6H16O24P6/c7-31(8,9)25-1-2(26-32(10,11)12)4(28-34(16,17)18)6(29-35(19,20)21)5(30(6)36(22,23)24)3(1)27-33(13,14)15/h1-5H,(H11-,7,8,9,10,11,12,13,14,15,16,17,18,19,20,21,22,23,24)/p+1/t1-,2+,3-,4-,5+,6-/m0/s1. The Bertz CT molecular complexity index is 1100. The average Bonchev–Trinajstić information content (AvgIpc) is 3.17. The molecule has 2 rings (SSSR count). The van der Waals surface area contributed by atoms with E-state index in [1.807, 2.05) is 0 Å². The van der Waals surface area contributed by atoms with Crippen LogP contribution in [0.5, 0.6) is 0 Å². The van der Waals surface area contributed by atoms with E-state index in [-0.39, 0.29) is 0 Å². The van der Waals surface area contributed by atoms with E-state index in [2.05, 4.69) is 22.6 Å². The fourth-order valence-corrected chi connectivity index (χ4v) is 7.51. The van der Waals surface area contributed by atoms with Crippen LogP contribution in [0.15, 0.2) is 0 Å².